The molecule has 0 fully saturated rings. The van der Waals surface area contributed by atoms with Gasteiger partial charge >= 0.3 is 0 Å². The first-order chi connectivity index (χ1) is 9.69. The molecule has 0 amide bonds. The number of benzene rings is 2. The van der Waals surface area contributed by atoms with Crippen LogP contribution in [0.1, 0.15) is 29.7 Å². The Hall–Kier alpha value is -2.18. The maximum atomic E-state index is 13.1. The number of hydrogen-bond acceptors (Lipinski definition) is 2. The summed E-state index contributed by atoms with van der Waals surface area (Å²) in [6, 6.07) is 16.5. The van der Waals surface area contributed by atoms with Gasteiger partial charge in [-0.05, 0) is 55.3 Å². The van der Waals surface area contributed by atoms with E-state index >= 15 is 0 Å². The van der Waals surface area contributed by atoms with Crippen LogP contribution in [0.15, 0.2) is 48.5 Å². The fourth-order valence-corrected chi connectivity index (χ4v) is 2.12. The van der Waals surface area contributed by atoms with Gasteiger partial charge in [0.1, 0.15) is 5.82 Å². The summed E-state index contributed by atoms with van der Waals surface area (Å²) in [7, 11) is 0. The lowest BCUT2D eigenvalue weighted by Crippen LogP contribution is -2.21. The predicted molar refractivity (Wildman–Crippen MR) is 77.7 cm³/mol. The first-order valence-electron chi connectivity index (χ1n) is 6.67. The van der Waals surface area contributed by atoms with Crippen LogP contribution in [0, 0.1) is 17.1 Å². The van der Waals surface area contributed by atoms with Crippen molar-refractivity contribution in [3.63, 3.8) is 0 Å². The van der Waals surface area contributed by atoms with E-state index in [1.165, 1.54) is 6.07 Å². The predicted octanol–water partition coefficient (Wildman–Crippen LogP) is 3.59. The zero-order chi connectivity index (χ0) is 14.4. The molecule has 0 aliphatic heterocycles. The van der Waals surface area contributed by atoms with Crippen molar-refractivity contribution in [1.82, 2.24) is 5.32 Å². The van der Waals surface area contributed by atoms with Gasteiger partial charge in [-0.25, -0.2) is 4.39 Å². The molecule has 2 aromatic rings. The zero-order valence-corrected chi connectivity index (χ0v) is 11.4. The molecular weight excluding hydrogens is 251 g/mol. The normalized spacial score (nSPS) is 11.8. The number of halogens is 1. The Morgan fingerprint density at radius 3 is 2.75 bits per heavy atom. The minimum atomic E-state index is -0.197. The van der Waals surface area contributed by atoms with Crippen molar-refractivity contribution >= 4 is 0 Å². The molecule has 0 heterocycles. The first-order valence-corrected chi connectivity index (χ1v) is 6.67. The van der Waals surface area contributed by atoms with E-state index in [0.717, 1.165) is 24.1 Å². The van der Waals surface area contributed by atoms with Gasteiger partial charge < -0.3 is 5.32 Å². The molecule has 0 aliphatic carbocycles. The number of nitrogens with one attached hydrogen (secondary N) is 1. The summed E-state index contributed by atoms with van der Waals surface area (Å²) in [4.78, 5) is 0. The molecule has 2 rings (SSSR count). The second-order valence-corrected chi connectivity index (χ2v) is 4.79. The van der Waals surface area contributed by atoms with Gasteiger partial charge in [-0.1, -0.05) is 24.3 Å². The van der Waals surface area contributed by atoms with Gasteiger partial charge in [0.25, 0.3) is 0 Å². The highest BCUT2D eigenvalue weighted by Crippen LogP contribution is 2.14. The Kier molecular flexibility index (Phi) is 4.86. The summed E-state index contributed by atoms with van der Waals surface area (Å²) in [5.41, 5.74) is 2.74. The standard InChI is InChI=1S/C17H17FN2/c1-13(16-6-2-5-15(10-16)12-19)20-9-8-14-4-3-7-17(18)11-14/h2-7,10-11,13,20H,8-9H2,1H3. The second-order valence-electron chi connectivity index (χ2n) is 4.79. The quantitative estimate of drug-likeness (QED) is 0.899. The van der Waals surface area contributed by atoms with E-state index < -0.39 is 0 Å². The highest BCUT2D eigenvalue weighted by Gasteiger charge is 2.05. The van der Waals surface area contributed by atoms with Gasteiger partial charge in [-0.3, -0.25) is 0 Å². The van der Waals surface area contributed by atoms with E-state index in [2.05, 4.69) is 18.3 Å². The van der Waals surface area contributed by atoms with Gasteiger partial charge in [0, 0.05) is 6.04 Å². The molecule has 0 saturated heterocycles. The van der Waals surface area contributed by atoms with E-state index in [-0.39, 0.29) is 11.9 Å². The number of rotatable bonds is 5. The van der Waals surface area contributed by atoms with E-state index in [0.29, 0.717) is 5.56 Å². The lowest BCUT2D eigenvalue weighted by Gasteiger charge is -2.14. The summed E-state index contributed by atoms with van der Waals surface area (Å²) in [5, 5.41) is 12.3. The molecule has 0 aliphatic rings. The molecule has 3 heteroatoms. The van der Waals surface area contributed by atoms with E-state index in [9.17, 15) is 4.39 Å². The molecule has 2 aromatic carbocycles. The molecule has 20 heavy (non-hydrogen) atoms. The summed E-state index contributed by atoms with van der Waals surface area (Å²) in [5.74, 6) is -0.197. The number of nitrogens with zero attached hydrogens (tertiary/aromatic N) is 1. The monoisotopic (exact) mass is 268 g/mol. The minimum Gasteiger partial charge on any atom is -0.310 e. The number of nitriles is 1. The van der Waals surface area contributed by atoms with Crippen molar-refractivity contribution in [3.8, 4) is 6.07 Å². The van der Waals surface area contributed by atoms with Crippen molar-refractivity contribution in [2.75, 3.05) is 6.54 Å². The molecule has 1 atom stereocenters. The Labute approximate surface area is 118 Å². The molecule has 0 saturated carbocycles. The summed E-state index contributed by atoms with van der Waals surface area (Å²) in [6.07, 6.45) is 0.778. The molecule has 0 aromatic heterocycles. The fourth-order valence-electron chi connectivity index (χ4n) is 2.12. The van der Waals surface area contributed by atoms with Crippen LogP contribution in [-0.2, 0) is 6.42 Å². The zero-order valence-electron chi connectivity index (χ0n) is 11.4. The maximum absolute atomic E-state index is 13.1. The fraction of sp³-hybridized carbons (Fsp3) is 0.235. The van der Waals surface area contributed by atoms with Gasteiger partial charge in [0.2, 0.25) is 0 Å². The van der Waals surface area contributed by atoms with Crippen LogP contribution in [0.3, 0.4) is 0 Å². The van der Waals surface area contributed by atoms with Gasteiger partial charge in [-0.2, -0.15) is 5.26 Å². The molecule has 1 N–H and O–H groups in total. The van der Waals surface area contributed by atoms with Crippen molar-refractivity contribution in [2.45, 2.75) is 19.4 Å². The van der Waals surface area contributed by atoms with Gasteiger partial charge in [0.15, 0.2) is 0 Å². The first kappa shape index (κ1) is 14.2. The molecule has 0 bridgehead atoms. The Balaban J connectivity index is 1.89. The lowest BCUT2D eigenvalue weighted by atomic mass is 10.1. The van der Waals surface area contributed by atoms with Crippen LogP contribution in [0.25, 0.3) is 0 Å². The Bertz CT molecular complexity index is 616. The maximum Gasteiger partial charge on any atom is 0.123 e. The molecule has 0 spiro atoms. The largest absolute Gasteiger partial charge is 0.310 e. The third kappa shape index (κ3) is 3.91. The highest BCUT2D eigenvalue weighted by molar-refractivity contribution is 5.34. The van der Waals surface area contributed by atoms with E-state index in [4.69, 9.17) is 5.26 Å². The summed E-state index contributed by atoms with van der Waals surface area (Å²) in [6.45, 7) is 2.82. The Morgan fingerprint density at radius 1 is 1.20 bits per heavy atom. The van der Waals surface area contributed by atoms with Crippen molar-refractivity contribution in [3.05, 3.63) is 71.0 Å². The van der Waals surface area contributed by atoms with Crippen LogP contribution in [0.5, 0.6) is 0 Å². The van der Waals surface area contributed by atoms with Gasteiger partial charge in [-0.15, -0.1) is 0 Å². The van der Waals surface area contributed by atoms with Crippen LogP contribution >= 0.6 is 0 Å². The second kappa shape index (κ2) is 6.83. The van der Waals surface area contributed by atoms with Crippen LogP contribution in [-0.4, -0.2) is 6.54 Å². The summed E-state index contributed by atoms with van der Waals surface area (Å²) < 4.78 is 13.1. The lowest BCUT2D eigenvalue weighted by molar-refractivity contribution is 0.574. The smallest absolute Gasteiger partial charge is 0.123 e. The van der Waals surface area contributed by atoms with Crippen LogP contribution in [0.4, 0.5) is 4.39 Å². The third-order valence-electron chi connectivity index (χ3n) is 3.27. The average Bonchev–Trinajstić information content (AvgIpc) is 2.47. The highest BCUT2D eigenvalue weighted by atomic mass is 19.1. The van der Waals surface area contributed by atoms with Crippen LogP contribution in [0.2, 0.25) is 0 Å². The van der Waals surface area contributed by atoms with Crippen LogP contribution < -0.4 is 5.32 Å². The van der Waals surface area contributed by atoms with E-state index in [1.807, 2.05) is 24.3 Å². The topological polar surface area (TPSA) is 35.8 Å². The Morgan fingerprint density at radius 2 is 2.00 bits per heavy atom. The van der Waals surface area contributed by atoms with Crippen molar-refractivity contribution in [2.24, 2.45) is 0 Å². The van der Waals surface area contributed by atoms with Crippen molar-refractivity contribution in [1.29, 1.82) is 5.26 Å². The van der Waals surface area contributed by atoms with E-state index in [1.54, 1.807) is 18.2 Å². The summed E-state index contributed by atoms with van der Waals surface area (Å²) >= 11 is 0. The van der Waals surface area contributed by atoms with Gasteiger partial charge in [0.05, 0.1) is 11.6 Å². The molecule has 1 unspecified atom stereocenters. The molecule has 102 valence electrons. The average molecular weight is 268 g/mol. The molecule has 0 radical (unpaired) electrons. The number of hydrogen-bond donors (Lipinski definition) is 1. The SMILES string of the molecule is CC(NCCc1cccc(F)c1)c1cccc(C#N)c1. The minimum absolute atomic E-state index is 0.164. The molecule has 2 nitrogen and oxygen atoms in total. The third-order valence-corrected chi connectivity index (χ3v) is 3.27. The molecular formula is C17H17FN2. The van der Waals surface area contributed by atoms with Crippen molar-refractivity contribution < 1.29 is 4.39 Å².